The number of hydrogen-bond donors (Lipinski definition) is 4. The van der Waals surface area contributed by atoms with Gasteiger partial charge < -0.3 is 29.6 Å². The normalized spacial score (nSPS) is 22.2. The summed E-state index contributed by atoms with van der Waals surface area (Å²) < 4.78 is 38.6. The van der Waals surface area contributed by atoms with E-state index in [1.165, 1.54) is 60.1 Å². The number of carbonyl (C=O) groups excluding carboxylic acids is 1. The van der Waals surface area contributed by atoms with E-state index < -0.39 is 37.0 Å². The summed E-state index contributed by atoms with van der Waals surface area (Å²) in [5, 5.41) is 27.0. The van der Waals surface area contributed by atoms with Crippen LogP contribution in [0.25, 0.3) is 22.1 Å². The standard InChI is InChI=1S/C50H60N10O7S/c1-31(2)36-8-5-6-9-37(36)39-10-7-19-59(39)34-25-50(26-34)16-20-58(21-17-50)43-24-41(67-35-22-33-13-18-51-47(33)54-28-35)38(29-52-43)48(61)56-68(65,66)42-23-40(60(63)64)44(46-45(42)55-30-57(46)4)53-27-32-11-14-49(3,62)15-12-32/h5-6,8-9,13,18,22-24,28-32,34,39,53,62H,7,10-12,14-17,19-21,25-27H2,1-4H3,(H,51,54)(H,56,61)/t32-,39-,49-/m0/s1. The van der Waals surface area contributed by atoms with E-state index in [1.807, 2.05) is 13.0 Å². The summed E-state index contributed by atoms with van der Waals surface area (Å²) in [6.07, 6.45) is 15.4. The molecule has 17 nitrogen and oxygen atoms in total. The summed E-state index contributed by atoms with van der Waals surface area (Å²) in [7, 11) is -3.16. The minimum atomic E-state index is -4.78. The van der Waals surface area contributed by atoms with Gasteiger partial charge in [0.05, 0.1) is 28.6 Å². The molecule has 10 rings (SSSR count). The highest BCUT2D eigenvalue weighted by Gasteiger charge is 2.50. The molecule has 4 aromatic heterocycles. The molecule has 358 valence electrons. The molecule has 6 aromatic rings. The number of anilines is 2. The molecule has 18 heteroatoms. The van der Waals surface area contributed by atoms with Crippen molar-refractivity contribution in [3.63, 3.8) is 0 Å². The molecular weight excluding hydrogens is 885 g/mol. The number of pyridine rings is 2. The van der Waals surface area contributed by atoms with E-state index in [4.69, 9.17) is 9.72 Å². The van der Waals surface area contributed by atoms with Gasteiger partial charge in [0.15, 0.2) is 0 Å². The van der Waals surface area contributed by atoms with Crippen LogP contribution in [0.3, 0.4) is 0 Å². The third-order valence-corrected chi connectivity index (χ3v) is 16.7. The lowest BCUT2D eigenvalue weighted by Gasteiger charge is -2.56. The Balaban J connectivity index is 0.880. The second-order valence-corrected chi connectivity index (χ2v) is 21.9. The van der Waals surface area contributed by atoms with E-state index in [-0.39, 0.29) is 39.4 Å². The summed E-state index contributed by atoms with van der Waals surface area (Å²) in [4.78, 5) is 47.2. The van der Waals surface area contributed by atoms with Crippen LogP contribution in [-0.4, -0.2) is 91.6 Å². The maximum atomic E-state index is 14.3. The third kappa shape index (κ3) is 8.77. The highest BCUT2D eigenvalue weighted by atomic mass is 32.2. The van der Waals surface area contributed by atoms with Crippen LogP contribution in [0.5, 0.6) is 11.5 Å². The fraction of sp³-hybridized carbons (Fsp3) is 0.480. The van der Waals surface area contributed by atoms with Crippen molar-refractivity contribution in [1.82, 2.24) is 34.1 Å². The third-order valence-electron chi connectivity index (χ3n) is 15.3. The molecule has 2 aromatic carbocycles. The average Bonchev–Trinajstić information content (AvgIpc) is 4.08. The monoisotopic (exact) mass is 944 g/mol. The molecule has 4 N–H and O–H groups in total. The maximum absolute atomic E-state index is 14.3. The van der Waals surface area contributed by atoms with Crippen molar-refractivity contribution in [2.45, 2.75) is 113 Å². The van der Waals surface area contributed by atoms with Crippen LogP contribution in [0.2, 0.25) is 0 Å². The van der Waals surface area contributed by atoms with E-state index in [0.717, 1.165) is 56.8 Å². The number of ether oxygens (including phenoxy) is 1. The van der Waals surface area contributed by atoms with Crippen LogP contribution in [0.1, 0.15) is 118 Å². The van der Waals surface area contributed by atoms with Crippen LogP contribution < -0.4 is 19.7 Å². The lowest BCUT2D eigenvalue weighted by atomic mass is 9.60. The number of sulfonamides is 1. The number of fused-ring (bicyclic) bond motifs is 2. The topological polar surface area (TPSA) is 214 Å². The molecule has 4 aliphatic rings. The number of aliphatic hydroxyl groups is 1. The number of nitro benzene ring substituents is 1. The number of nitrogens with one attached hydrogen (secondary N) is 3. The fourth-order valence-corrected chi connectivity index (χ4v) is 12.6. The summed E-state index contributed by atoms with van der Waals surface area (Å²) in [6, 6.07) is 16.2. The molecule has 2 aliphatic heterocycles. The molecule has 1 spiro atoms. The highest BCUT2D eigenvalue weighted by molar-refractivity contribution is 7.90. The molecule has 2 saturated carbocycles. The minimum absolute atomic E-state index is 0.0411. The first-order valence-electron chi connectivity index (χ1n) is 23.9. The Morgan fingerprint density at radius 2 is 1.78 bits per heavy atom. The van der Waals surface area contributed by atoms with Crippen LogP contribution in [0.4, 0.5) is 17.2 Å². The number of imidazole rings is 1. The molecule has 2 saturated heterocycles. The molecule has 1 atom stereocenters. The second kappa shape index (κ2) is 17.8. The van der Waals surface area contributed by atoms with Crippen LogP contribution >= 0.6 is 0 Å². The number of H-pyrrole nitrogens is 1. The molecule has 0 unspecified atom stereocenters. The van der Waals surface area contributed by atoms with E-state index >= 15 is 0 Å². The first kappa shape index (κ1) is 45.7. The van der Waals surface area contributed by atoms with Crippen molar-refractivity contribution in [3.8, 4) is 11.5 Å². The van der Waals surface area contributed by atoms with Gasteiger partial charge in [-0.3, -0.25) is 19.8 Å². The predicted molar refractivity (Wildman–Crippen MR) is 260 cm³/mol. The largest absolute Gasteiger partial charge is 0.455 e. The summed E-state index contributed by atoms with van der Waals surface area (Å²) in [5.41, 5.74) is 2.76. The summed E-state index contributed by atoms with van der Waals surface area (Å²) >= 11 is 0. The molecule has 0 radical (unpaired) electrons. The van der Waals surface area contributed by atoms with Crippen molar-refractivity contribution < 1.29 is 28.0 Å². The number of carbonyl (C=O) groups is 1. The van der Waals surface area contributed by atoms with E-state index in [1.54, 1.807) is 25.4 Å². The van der Waals surface area contributed by atoms with Gasteiger partial charge in [0, 0.05) is 68.7 Å². The summed E-state index contributed by atoms with van der Waals surface area (Å²) in [5.74, 6) is 0.586. The molecule has 4 fully saturated rings. The Morgan fingerprint density at radius 3 is 2.53 bits per heavy atom. The Labute approximate surface area is 395 Å². The Hall–Kier alpha value is -6.11. The maximum Gasteiger partial charge on any atom is 0.296 e. The Morgan fingerprint density at radius 1 is 1.01 bits per heavy atom. The van der Waals surface area contributed by atoms with Gasteiger partial charge in [-0.1, -0.05) is 38.1 Å². The molecule has 0 bridgehead atoms. The number of amides is 1. The van der Waals surface area contributed by atoms with Gasteiger partial charge in [-0.25, -0.2) is 28.1 Å². The number of aryl methyl sites for hydroxylation is 1. The van der Waals surface area contributed by atoms with Crippen molar-refractivity contribution >= 4 is 55.2 Å². The van der Waals surface area contributed by atoms with Crippen molar-refractivity contribution in [2.75, 3.05) is 36.4 Å². The van der Waals surface area contributed by atoms with Gasteiger partial charge in [0.2, 0.25) is 0 Å². The Kier molecular flexibility index (Phi) is 11.9. The SMILES string of the molecule is CC(C)c1ccccc1[C@@H]1CCCN1C1CC2(CCN(c3cc(Oc4cnc5[nH]ccc5c4)c(C(=O)NS(=O)(=O)c4cc([N+](=O)[O-])c(NC[C@H]5CC[C@](C)(O)CC5)c5c4ncn5C)cn3)CC2)C1. The Bertz CT molecular complexity index is 3000. The van der Waals surface area contributed by atoms with Crippen LogP contribution in [0.15, 0.2) is 78.3 Å². The van der Waals surface area contributed by atoms with Crippen molar-refractivity contribution in [3.05, 3.63) is 100 Å². The minimum Gasteiger partial charge on any atom is -0.455 e. The number of piperidine rings is 1. The zero-order chi connectivity index (χ0) is 47.5. The predicted octanol–water partition coefficient (Wildman–Crippen LogP) is 8.73. The van der Waals surface area contributed by atoms with Gasteiger partial charge >= 0.3 is 0 Å². The molecule has 68 heavy (non-hydrogen) atoms. The first-order valence-corrected chi connectivity index (χ1v) is 25.4. The molecule has 1 amide bonds. The van der Waals surface area contributed by atoms with Gasteiger partial charge in [0.25, 0.3) is 21.6 Å². The van der Waals surface area contributed by atoms with E-state index in [0.29, 0.717) is 54.6 Å². The average molecular weight is 945 g/mol. The fourth-order valence-electron chi connectivity index (χ4n) is 11.4. The van der Waals surface area contributed by atoms with Gasteiger partial charge in [0.1, 0.15) is 44.6 Å². The van der Waals surface area contributed by atoms with Gasteiger partial charge in [-0.05, 0) is 118 Å². The first-order chi connectivity index (χ1) is 32.6. The zero-order valence-electron chi connectivity index (χ0n) is 39.1. The number of nitro groups is 1. The lowest BCUT2D eigenvalue weighted by molar-refractivity contribution is -0.384. The highest BCUT2D eigenvalue weighted by Crippen LogP contribution is 2.54. The number of hydrogen-bond acceptors (Lipinski definition) is 13. The summed E-state index contributed by atoms with van der Waals surface area (Å²) in [6.45, 7) is 9.42. The number of likely N-dealkylation sites (tertiary alicyclic amines) is 1. The number of nitrogens with zero attached hydrogens (tertiary/aromatic N) is 7. The lowest BCUT2D eigenvalue weighted by Crippen LogP contribution is -2.55. The quantitative estimate of drug-likeness (QED) is 0.0631. The number of aromatic nitrogens is 5. The molecule has 6 heterocycles. The number of rotatable bonds is 13. The number of benzene rings is 2. The van der Waals surface area contributed by atoms with E-state index in [2.05, 4.69) is 72.9 Å². The second-order valence-electron chi connectivity index (χ2n) is 20.3. The van der Waals surface area contributed by atoms with Gasteiger partial charge in [-0.15, -0.1) is 0 Å². The smallest absolute Gasteiger partial charge is 0.296 e. The van der Waals surface area contributed by atoms with Crippen LogP contribution in [-0.2, 0) is 17.1 Å². The number of aromatic amines is 1. The van der Waals surface area contributed by atoms with E-state index in [9.17, 15) is 28.4 Å². The molecular formula is C50H60N10O7S. The van der Waals surface area contributed by atoms with Crippen molar-refractivity contribution in [2.24, 2.45) is 18.4 Å². The molecule has 2 aliphatic carbocycles. The van der Waals surface area contributed by atoms with Gasteiger partial charge in [-0.2, -0.15) is 0 Å². The van der Waals surface area contributed by atoms with Crippen LogP contribution in [0, 0.1) is 21.4 Å². The zero-order valence-corrected chi connectivity index (χ0v) is 39.9. The van der Waals surface area contributed by atoms with Crippen molar-refractivity contribution in [1.29, 1.82) is 0 Å².